The maximum atomic E-state index is 12.0. The van der Waals surface area contributed by atoms with Gasteiger partial charge in [0.25, 0.3) is 0 Å². The smallest absolute Gasteiger partial charge is 0.227 e. The SMILES string of the molecule is C[C@@H](NC(=O)CCc1nc(-c2ccsc2)no1)c1ccccc1. The van der Waals surface area contributed by atoms with E-state index in [-0.39, 0.29) is 11.9 Å². The highest BCUT2D eigenvalue weighted by Gasteiger charge is 2.13. The van der Waals surface area contributed by atoms with Crippen LogP contribution in [0.25, 0.3) is 11.4 Å². The molecule has 0 unspecified atom stereocenters. The van der Waals surface area contributed by atoms with Crippen LogP contribution in [-0.2, 0) is 11.2 Å². The molecule has 0 saturated heterocycles. The summed E-state index contributed by atoms with van der Waals surface area (Å²) in [5.41, 5.74) is 2.02. The first-order valence-corrected chi connectivity index (χ1v) is 8.36. The Morgan fingerprint density at radius 3 is 2.87 bits per heavy atom. The predicted octanol–water partition coefficient (Wildman–Crippen LogP) is 3.61. The number of amides is 1. The van der Waals surface area contributed by atoms with Gasteiger partial charge in [-0.2, -0.15) is 16.3 Å². The van der Waals surface area contributed by atoms with Gasteiger partial charge in [0, 0.05) is 23.8 Å². The number of nitrogens with one attached hydrogen (secondary N) is 1. The largest absolute Gasteiger partial charge is 0.350 e. The highest BCUT2D eigenvalue weighted by molar-refractivity contribution is 7.08. The van der Waals surface area contributed by atoms with Crippen LogP contribution in [-0.4, -0.2) is 16.0 Å². The number of nitrogens with zero attached hydrogens (tertiary/aromatic N) is 2. The third kappa shape index (κ3) is 4.04. The van der Waals surface area contributed by atoms with Gasteiger partial charge >= 0.3 is 0 Å². The van der Waals surface area contributed by atoms with Crippen molar-refractivity contribution < 1.29 is 9.32 Å². The fourth-order valence-electron chi connectivity index (χ4n) is 2.22. The summed E-state index contributed by atoms with van der Waals surface area (Å²) < 4.78 is 5.19. The van der Waals surface area contributed by atoms with Gasteiger partial charge < -0.3 is 9.84 Å². The maximum Gasteiger partial charge on any atom is 0.227 e. The van der Waals surface area contributed by atoms with Gasteiger partial charge in [-0.1, -0.05) is 35.5 Å². The van der Waals surface area contributed by atoms with Gasteiger partial charge in [-0.05, 0) is 23.9 Å². The van der Waals surface area contributed by atoms with Crippen LogP contribution in [0.15, 0.2) is 51.7 Å². The molecule has 0 bridgehead atoms. The van der Waals surface area contributed by atoms with E-state index in [1.54, 1.807) is 11.3 Å². The predicted molar refractivity (Wildman–Crippen MR) is 88.9 cm³/mol. The fourth-order valence-corrected chi connectivity index (χ4v) is 2.86. The molecule has 23 heavy (non-hydrogen) atoms. The van der Waals surface area contributed by atoms with E-state index in [1.807, 2.05) is 54.1 Å². The van der Waals surface area contributed by atoms with Crippen LogP contribution in [0.2, 0.25) is 0 Å². The number of aryl methyl sites for hydroxylation is 1. The van der Waals surface area contributed by atoms with Gasteiger partial charge in [-0.15, -0.1) is 0 Å². The summed E-state index contributed by atoms with van der Waals surface area (Å²) in [5, 5.41) is 10.8. The Morgan fingerprint density at radius 1 is 1.30 bits per heavy atom. The molecule has 0 spiro atoms. The summed E-state index contributed by atoms with van der Waals surface area (Å²) in [5.74, 6) is 1.02. The lowest BCUT2D eigenvalue weighted by atomic mass is 10.1. The van der Waals surface area contributed by atoms with E-state index in [9.17, 15) is 4.79 Å². The average molecular weight is 327 g/mol. The molecular formula is C17H17N3O2S. The molecule has 0 aliphatic heterocycles. The average Bonchev–Trinajstić information content (AvgIpc) is 3.25. The molecule has 5 nitrogen and oxygen atoms in total. The first-order valence-electron chi connectivity index (χ1n) is 7.42. The van der Waals surface area contributed by atoms with E-state index >= 15 is 0 Å². The minimum atomic E-state index is -0.0309. The summed E-state index contributed by atoms with van der Waals surface area (Å²) in [7, 11) is 0. The summed E-state index contributed by atoms with van der Waals surface area (Å²) >= 11 is 1.58. The normalized spacial score (nSPS) is 12.0. The number of hydrogen-bond donors (Lipinski definition) is 1. The van der Waals surface area contributed by atoms with Gasteiger partial charge in [-0.3, -0.25) is 4.79 Å². The monoisotopic (exact) mass is 327 g/mol. The molecule has 0 radical (unpaired) electrons. The Hall–Kier alpha value is -2.47. The molecule has 0 fully saturated rings. The van der Waals surface area contributed by atoms with Crippen molar-refractivity contribution in [3.05, 3.63) is 58.6 Å². The quantitative estimate of drug-likeness (QED) is 0.751. The zero-order valence-corrected chi connectivity index (χ0v) is 13.5. The molecule has 1 atom stereocenters. The van der Waals surface area contributed by atoms with E-state index in [4.69, 9.17) is 4.52 Å². The minimum Gasteiger partial charge on any atom is -0.350 e. The van der Waals surface area contributed by atoms with Gasteiger partial charge in [0.15, 0.2) is 0 Å². The van der Waals surface area contributed by atoms with Crippen LogP contribution in [0.1, 0.15) is 30.8 Å². The Kier molecular flexibility index (Phi) is 4.83. The van der Waals surface area contributed by atoms with E-state index in [2.05, 4.69) is 15.5 Å². The molecule has 1 aromatic carbocycles. The Bertz CT molecular complexity index is 753. The molecule has 1 amide bonds. The maximum absolute atomic E-state index is 12.0. The van der Waals surface area contributed by atoms with Gasteiger partial charge in [0.2, 0.25) is 17.6 Å². The van der Waals surface area contributed by atoms with E-state index < -0.39 is 0 Å². The molecule has 3 aromatic rings. The lowest BCUT2D eigenvalue weighted by molar-refractivity contribution is -0.121. The number of thiophene rings is 1. The summed E-state index contributed by atoms with van der Waals surface area (Å²) in [6.07, 6.45) is 0.757. The van der Waals surface area contributed by atoms with Gasteiger partial charge in [-0.25, -0.2) is 0 Å². The van der Waals surface area contributed by atoms with E-state index in [0.29, 0.717) is 24.6 Å². The first kappa shape index (κ1) is 15.4. The van der Waals surface area contributed by atoms with Crippen LogP contribution in [0.4, 0.5) is 0 Å². The summed E-state index contributed by atoms with van der Waals surface area (Å²) in [4.78, 5) is 16.3. The topological polar surface area (TPSA) is 68.0 Å². The molecule has 2 heterocycles. The molecule has 0 aliphatic rings. The zero-order valence-electron chi connectivity index (χ0n) is 12.7. The Morgan fingerprint density at radius 2 is 2.13 bits per heavy atom. The Balaban J connectivity index is 1.51. The number of hydrogen-bond acceptors (Lipinski definition) is 5. The van der Waals surface area contributed by atoms with Crippen LogP contribution < -0.4 is 5.32 Å². The summed E-state index contributed by atoms with van der Waals surface area (Å²) in [6.45, 7) is 1.97. The Labute approximate surface area is 138 Å². The number of aromatic nitrogens is 2. The number of rotatable bonds is 6. The van der Waals surface area contributed by atoms with Crippen LogP contribution in [0.5, 0.6) is 0 Å². The second-order valence-corrected chi connectivity index (χ2v) is 6.00. The van der Waals surface area contributed by atoms with E-state index in [1.165, 1.54) is 0 Å². The standard InChI is InChI=1S/C17H17N3O2S/c1-12(13-5-3-2-4-6-13)18-15(21)7-8-16-19-17(20-22-16)14-9-10-23-11-14/h2-6,9-12H,7-8H2,1H3,(H,18,21)/t12-/m1/s1. The molecular weight excluding hydrogens is 310 g/mol. The van der Waals surface area contributed by atoms with Crippen molar-refractivity contribution in [3.63, 3.8) is 0 Å². The highest BCUT2D eigenvalue weighted by atomic mass is 32.1. The van der Waals surface area contributed by atoms with Crippen molar-refractivity contribution in [2.45, 2.75) is 25.8 Å². The molecule has 118 valence electrons. The minimum absolute atomic E-state index is 0.0206. The van der Waals surface area contributed by atoms with Crippen LogP contribution >= 0.6 is 11.3 Å². The first-order chi connectivity index (χ1) is 11.2. The number of benzene rings is 1. The lowest BCUT2D eigenvalue weighted by Gasteiger charge is -2.13. The molecule has 2 aromatic heterocycles. The third-order valence-corrected chi connectivity index (χ3v) is 4.17. The van der Waals surface area contributed by atoms with Crippen molar-refractivity contribution in [1.82, 2.24) is 15.5 Å². The van der Waals surface area contributed by atoms with Crippen molar-refractivity contribution in [2.24, 2.45) is 0 Å². The molecule has 3 rings (SSSR count). The molecule has 0 aliphatic carbocycles. The summed E-state index contributed by atoms with van der Waals surface area (Å²) in [6, 6.07) is 11.8. The second-order valence-electron chi connectivity index (χ2n) is 5.22. The molecule has 6 heteroatoms. The van der Waals surface area contributed by atoms with Crippen molar-refractivity contribution >= 4 is 17.2 Å². The highest BCUT2D eigenvalue weighted by Crippen LogP contribution is 2.19. The molecule has 1 N–H and O–H groups in total. The van der Waals surface area contributed by atoms with Crippen molar-refractivity contribution in [2.75, 3.05) is 0 Å². The second kappa shape index (κ2) is 7.19. The van der Waals surface area contributed by atoms with Crippen molar-refractivity contribution in [1.29, 1.82) is 0 Å². The number of carbonyl (C=O) groups is 1. The molecule has 0 saturated carbocycles. The zero-order chi connectivity index (χ0) is 16.1. The fraction of sp³-hybridized carbons (Fsp3) is 0.235. The van der Waals surface area contributed by atoms with E-state index in [0.717, 1.165) is 11.1 Å². The van der Waals surface area contributed by atoms with Gasteiger partial charge in [0.05, 0.1) is 6.04 Å². The lowest BCUT2D eigenvalue weighted by Crippen LogP contribution is -2.26. The van der Waals surface area contributed by atoms with Crippen LogP contribution in [0, 0.1) is 0 Å². The third-order valence-electron chi connectivity index (χ3n) is 3.49. The number of carbonyl (C=O) groups excluding carboxylic acids is 1. The van der Waals surface area contributed by atoms with Crippen LogP contribution in [0.3, 0.4) is 0 Å². The van der Waals surface area contributed by atoms with Crippen molar-refractivity contribution in [3.8, 4) is 11.4 Å². The van der Waals surface area contributed by atoms with Gasteiger partial charge in [0.1, 0.15) is 0 Å².